The normalized spacial score (nSPS) is 31.9. The molecule has 84 valence electrons. The third-order valence-electron chi connectivity index (χ3n) is 3.41. The Morgan fingerprint density at radius 2 is 2.27 bits per heavy atom. The summed E-state index contributed by atoms with van der Waals surface area (Å²) in [6.07, 6.45) is 9.09. The summed E-state index contributed by atoms with van der Waals surface area (Å²) in [5.41, 5.74) is 0. The minimum absolute atomic E-state index is 0.00870. The molecule has 15 heavy (non-hydrogen) atoms. The zero-order valence-electron chi connectivity index (χ0n) is 9.33. The van der Waals surface area contributed by atoms with Crippen LogP contribution in [-0.2, 0) is 0 Å². The number of fused-ring (bicyclic) bond motifs is 2. The quantitative estimate of drug-likeness (QED) is 0.539. The molecule has 0 aromatic carbocycles. The van der Waals surface area contributed by atoms with Gasteiger partial charge in [0.25, 0.3) is 0 Å². The van der Waals surface area contributed by atoms with Gasteiger partial charge in [0.15, 0.2) is 0 Å². The summed E-state index contributed by atoms with van der Waals surface area (Å²) in [6, 6.07) is 0.385. The van der Waals surface area contributed by atoms with Gasteiger partial charge in [-0.2, -0.15) is 0 Å². The number of urea groups is 1. The summed E-state index contributed by atoms with van der Waals surface area (Å²) >= 11 is 0. The Labute approximate surface area is 91.3 Å². The Morgan fingerprint density at radius 3 is 2.87 bits per heavy atom. The zero-order chi connectivity index (χ0) is 10.7. The molecule has 2 bridgehead atoms. The van der Waals surface area contributed by atoms with E-state index in [-0.39, 0.29) is 6.03 Å². The number of unbranched alkanes of at least 4 members (excludes halogenated alkanes) is 1. The van der Waals surface area contributed by atoms with Gasteiger partial charge in [-0.3, -0.25) is 0 Å². The van der Waals surface area contributed by atoms with Crippen LogP contribution in [-0.4, -0.2) is 18.6 Å². The van der Waals surface area contributed by atoms with E-state index in [1.807, 2.05) is 0 Å². The highest BCUT2D eigenvalue weighted by atomic mass is 16.2. The van der Waals surface area contributed by atoms with Crippen LogP contribution in [0.5, 0.6) is 0 Å². The summed E-state index contributed by atoms with van der Waals surface area (Å²) in [5, 5.41) is 5.96. The second-order valence-corrected chi connectivity index (χ2v) is 4.64. The topological polar surface area (TPSA) is 41.1 Å². The van der Waals surface area contributed by atoms with Crippen molar-refractivity contribution in [3.63, 3.8) is 0 Å². The van der Waals surface area contributed by atoms with E-state index in [2.05, 4.69) is 29.7 Å². The molecule has 0 heterocycles. The molecule has 0 spiro atoms. The van der Waals surface area contributed by atoms with Crippen molar-refractivity contribution in [2.45, 2.75) is 38.6 Å². The number of carbonyl (C=O) groups is 1. The second kappa shape index (κ2) is 4.69. The molecule has 1 saturated carbocycles. The van der Waals surface area contributed by atoms with Crippen molar-refractivity contribution in [3.05, 3.63) is 12.2 Å². The van der Waals surface area contributed by atoms with E-state index in [0.29, 0.717) is 12.0 Å². The van der Waals surface area contributed by atoms with E-state index in [0.717, 1.165) is 31.7 Å². The van der Waals surface area contributed by atoms with Gasteiger partial charge < -0.3 is 10.6 Å². The lowest BCUT2D eigenvalue weighted by Gasteiger charge is -2.19. The average Bonchev–Trinajstić information content (AvgIpc) is 2.79. The van der Waals surface area contributed by atoms with Gasteiger partial charge in [0.1, 0.15) is 0 Å². The van der Waals surface area contributed by atoms with E-state index in [1.54, 1.807) is 0 Å². The molecule has 3 unspecified atom stereocenters. The molecule has 3 atom stereocenters. The molecule has 0 aliphatic heterocycles. The highest BCUT2D eigenvalue weighted by Crippen LogP contribution is 2.38. The molecule has 2 aliphatic carbocycles. The maximum absolute atomic E-state index is 11.5. The number of carbonyl (C=O) groups excluding carboxylic acids is 1. The van der Waals surface area contributed by atoms with Crippen LogP contribution in [0.2, 0.25) is 0 Å². The van der Waals surface area contributed by atoms with Crippen molar-refractivity contribution < 1.29 is 4.79 Å². The number of hydrogen-bond acceptors (Lipinski definition) is 1. The number of rotatable bonds is 4. The highest BCUT2D eigenvalue weighted by molar-refractivity contribution is 5.74. The van der Waals surface area contributed by atoms with E-state index in [9.17, 15) is 4.79 Å². The molecule has 2 rings (SSSR count). The summed E-state index contributed by atoms with van der Waals surface area (Å²) in [6.45, 7) is 2.92. The fourth-order valence-corrected chi connectivity index (χ4v) is 2.54. The van der Waals surface area contributed by atoms with Crippen LogP contribution in [0.1, 0.15) is 32.6 Å². The number of amides is 2. The van der Waals surface area contributed by atoms with Gasteiger partial charge in [-0.1, -0.05) is 25.5 Å². The lowest BCUT2D eigenvalue weighted by Crippen LogP contribution is -2.44. The molecule has 1 fully saturated rings. The van der Waals surface area contributed by atoms with Crippen molar-refractivity contribution >= 4 is 6.03 Å². The molecule has 2 amide bonds. The lowest BCUT2D eigenvalue weighted by molar-refractivity contribution is 0.235. The predicted molar refractivity (Wildman–Crippen MR) is 60.6 cm³/mol. The molecule has 2 N–H and O–H groups in total. The van der Waals surface area contributed by atoms with Crippen LogP contribution in [0.3, 0.4) is 0 Å². The van der Waals surface area contributed by atoms with Crippen molar-refractivity contribution in [1.29, 1.82) is 0 Å². The molecule has 0 aromatic heterocycles. The lowest BCUT2D eigenvalue weighted by atomic mass is 10.0. The first-order valence-electron chi connectivity index (χ1n) is 6.02. The van der Waals surface area contributed by atoms with Gasteiger partial charge in [0, 0.05) is 12.6 Å². The third-order valence-corrected chi connectivity index (χ3v) is 3.41. The van der Waals surface area contributed by atoms with Crippen molar-refractivity contribution in [2.75, 3.05) is 6.54 Å². The van der Waals surface area contributed by atoms with Gasteiger partial charge in [-0.25, -0.2) is 4.79 Å². The minimum atomic E-state index is 0.00870. The first kappa shape index (κ1) is 10.5. The third kappa shape index (κ3) is 2.52. The SMILES string of the molecule is CCCCNC(=O)NC1CC2C=CC1C2. The number of hydrogen-bond donors (Lipinski definition) is 2. The monoisotopic (exact) mass is 208 g/mol. The maximum atomic E-state index is 11.5. The Bertz CT molecular complexity index is 262. The van der Waals surface area contributed by atoms with Crippen molar-refractivity contribution in [3.8, 4) is 0 Å². The summed E-state index contributed by atoms with van der Waals surface area (Å²) in [7, 11) is 0. The maximum Gasteiger partial charge on any atom is 0.315 e. The molecular weight excluding hydrogens is 188 g/mol. The molecule has 0 radical (unpaired) electrons. The number of allylic oxidation sites excluding steroid dienone is 1. The molecule has 2 aliphatic rings. The Balaban J connectivity index is 1.69. The van der Waals surface area contributed by atoms with E-state index in [4.69, 9.17) is 0 Å². The first-order valence-corrected chi connectivity index (χ1v) is 6.02. The van der Waals surface area contributed by atoms with Crippen molar-refractivity contribution in [2.24, 2.45) is 11.8 Å². The first-order chi connectivity index (χ1) is 7.29. The fourth-order valence-electron chi connectivity index (χ4n) is 2.54. The largest absolute Gasteiger partial charge is 0.338 e. The van der Waals surface area contributed by atoms with Gasteiger partial charge in [-0.05, 0) is 31.1 Å². The van der Waals surface area contributed by atoms with Crippen LogP contribution in [0, 0.1) is 11.8 Å². The Morgan fingerprint density at radius 1 is 1.40 bits per heavy atom. The van der Waals surface area contributed by atoms with Gasteiger partial charge in [-0.15, -0.1) is 0 Å². The Kier molecular flexibility index (Phi) is 3.29. The summed E-state index contributed by atoms with van der Waals surface area (Å²) in [5.74, 6) is 1.31. The average molecular weight is 208 g/mol. The number of nitrogens with one attached hydrogen (secondary N) is 2. The predicted octanol–water partition coefficient (Wildman–Crippen LogP) is 2.05. The molecular formula is C12H20N2O. The smallest absolute Gasteiger partial charge is 0.315 e. The molecule has 3 heteroatoms. The zero-order valence-corrected chi connectivity index (χ0v) is 9.33. The van der Waals surface area contributed by atoms with E-state index in [1.165, 1.54) is 6.42 Å². The van der Waals surface area contributed by atoms with Crippen molar-refractivity contribution in [1.82, 2.24) is 10.6 Å². The minimum Gasteiger partial charge on any atom is -0.338 e. The fraction of sp³-hybridized carbons (Fsp3) is 0.750. The molecule has 0 aromatic rings. The van der Waals surface area contributed by atoms with Gasteiger partial charge in [0.2, 0.25) is 0 Å². The summed E-state index contributed by atoms with van der Waals surface area (Å²) in [4.78, 5) is 11.5. The van der Waals surface area contributed by atoms with Gasteiger partial charge >= 0.3 is 6.03 Å². The highest BCUT2D eigenvalue weighted by Gasteiger charge is 2.36. The van der Waals surface area contributed by atoms with E-state index >= 15 is 0 Å². The molecule has 3 nitrogen and oxygen atoms in total. The standard InChI is InChI=1S/C12H20N2O/c1-2-3-6-13-12(15)14-11-8-9-4-5-10(11)7-9/h4-5,9-11H,2-3,6-8H2,1H3,(H2,13,14,15). The molecule has 0 saturated heterocycles. The Hall–Kier alpha value is -0.990. The summed E-state index contributed by atoms with van der Waals surface area (Å²) < 4.78 is 0. The van der Waals surface area contributed by atoms with E-state index < -0.39 is 0 Å². The second-order valence-electron chi connectivity index (χ2n) is 4.64. The van der Waals surface area contributed by atoms with Crippen LogP contribution < -0.4 is 10.6 Å². The van der Waals surface area contributed by atoms with Crippen LogP contribution >= 0.6 is 0 Å². The van der Waals surface area contributed by atoms with Crippen LogP contribution in [0.4, 0.5) is 4.79 Å². The van der Waals surface area contributed by atoms with Crippen LogP contribution in [0.25, 0.3) is 0 Å². The van der Waals surface area contributed by atoms with Crippen LogP contribution in [0.15, 0.2) is 12.2 Å². The van der Waals surface area contributed by atoms with Gasteiger partial charge in [0.05, 0.1) is 0 Å².